The molecule has 12 nitrogen and oxygen atoms in total. The first-order chi connectivity index (χ1) is 24.8. The van der Waals surface area contributed by atoms with Gasteiger partial charge in [-0.15, -0.1) is 0 Å². The van der Waals surface area contributed by atoms with E-state index in [1.807, 2.05) is 13.0 Å². The van der Waals surface area contributed by atoms with Crippen LogP contribution in [0.25, 0.3) is 16.9 Å². The number of carbonyl (C=O) groups excluding carboxylic acids is 1. The molecule has 4 N–H and O–H groups in total. The van der Waals surface area contributed by atoms with Crippen LogP contribution in [0.5, 0.6) is 0 Å². The van der Waals surface area contributed by atoms with Gasteiger partial charge in [-0.1, -0.05) is 25.3 Å². The predicted molar refractivity (Wildman–Crippen MR) is 189 cm³/mol. The van der Waals surface area contributed by atoms with E-state index in [4.69, 9.17) is 10.2 Å². The average Bonchev–Trinajstić information content (AvgIpc) is 3.55. The molecule has 0 saturated carbocycles. The van der Waals surface area contributed by atoms with Crippen molar-refractivity contribution in [2.75, 3.05) is 10.6 Å². The molecule has 52 heavy (non-hydrogen) atoms. The van der Waals surface area contributed by atoms with E-state index in [-0.39, 0.29) is 29.8 Å². The number of hydrogen-bond donors (Lipinski definition) is 4. The van der Waals surface area contributed by atoms with E-state index in [0.29, 0.717) is 35.9 Å². The number of imidazole rings is 1. The highest BCUT2D eigenvalue weighted by molar-refractivity contribution is 6.05. The van der Waals surface area contributed by atoms with Crippen molar-refractivity contribution in [3.63, 3.8) is 0 Å². The number of nitrogens with zero attached hydrogens (tertiary/aromatic N) is 5. The lowest BCUT2D eigenvalue weighted by Crippen LogP contribution is -2.14. The molecule has 0 atom stereocenters. The van der Waals surface area contributed by atoms with E-state index >= 15 is 0 Å². The van der Waals surface area contributed by atoms with Gasteiger partial charge in [-0.3, -0.25) is 19.4 Å². The molecular weight excluding hydrogens is 679 g/mol. The summed E-state index contributed by atoms with van der Waals surface area (Å²) in [5.41, 5.74) is 3.09. The van der Waals surface area contributed by atoms with Gasteiger partial charge in [-0.2, -0.15) is 13.2 Å². The maximum Gasteiger partial charge on any atom is 0.416 e. The number of carboxylic acids is 2. The summed E-state index contributed by atoms with van der Waals surface area (Å²) in [6.07, 6.45) is 7.91. The van der Waals surface area contributed by atoms with Crippen LogP contribution in [0.15, 0.2) is 85.7 Å². The summed E-state index contributed by atoms with van der Waals surface area (Å²) >= 11 is 0. The lowest BCUT2D eigenvalue weighted by Gasteiger charge is -2.14. The van der Waals surface area contributed by atoms with Gasteiger partial charge in [0, 0.05) is 65.8 Å². The first kappa shape index (κ1) is 38.7. The monoisotopic (exact) mass is 717 g/mol. The number of aliphatic carboxylic acids is 2. The van der Waals surface area contributed by atoms with E-state index in [2.05, 4.69) is 30.6 Å². The lowest BCUT2D eigenvalue weighted by atomic mass is 10.1. The van der Waals surface area contributed by atoms with Crippen molar-refractivity contribution in [3.8, 4) is 16.9 Å². The molecule has 0 fully saturated rings. The van der Waals surface area contributed by atoms with Crippen molar-refractivity contribution >= 4 is 35.2 Å². The second-order valence-electron chi connectivity index (χ2n) is 11.9. The van der Waals surface area contributed by atoms with E-state index in [9.17, 15) is 27.6 Å². The Morgan fingerprint density at radius 3 is 2.17 bits per heavy atom. The number of rotatable bonds is 14. The molecule has 272 valence electrons. The van der Waals surface area contributed by atoms with Crippen LogP contribution < -0.4 is 10.6 Å². The summed E-state index contributed by atoms with van der Waals surface area (Å²) in [5, 5.41) is 22.3. The summed E-state index contributed by atoms with van der Waals surface area (Å²) in [7, 11) is 0. The van der Waals surface area contributed by atoms with Gasteiger partial charge < -0.3 is 25.4 Å². The van der Waals surface area contributed by atoms with Crippen molar-refractivity contribution in [2.45, 2.75) is 65.0 Å². The number of carboxylic acid groups (broad SMARTS) is 2. The van der Waals surface area contributed by atoms with Gasteiger partial charge in [0.25, 0.3) is 5.91 Å². The minimum absolute atomic E-state index is 0.00114. The first-order valence-corrected chi connectivity index (χ1v) is 16.4. The van der Waals surface area contributed by atoms with Crippen LogP contribution in [0, 0.1) is 13.8 Å². The highest BCUT2D eigenvalue weighted by atomic mass is 19.4. The van der Waals surface area contributed by atoms with Gasteiger partial charge >= 0.3 is 18.1 Å². The van der Waals surface area contributed by atoms with Crippen LogP contribution in [-0.4, -0.2) is 52.6 Å². The Hall–Kier alpha value is -6.12. The minimum Gasteiger partial charge on any atom is -0.481 e. The Balaban J connectivity index is 0.000000398. The summed E-state index contributed by atoms with van der Waals surface area (Å²) in [5.74, 6) is -1.78. The van der Waals surface area contributed by atoms with Crippen LogP contribution in [0.4, 0.5) is 30.5 Å². The Labute approximate surface area is 297 Å². The van der Waals surface area contributed by atoms with Crippen molar-refractivity contribution in [3.05, 3.63) is 108 Å². The number of aromatic nitrogens is 5. The summed E-state index contributed by atoms with van der Waals surface area (Å²) in [4.78, 5) is 50.3. The smallest absolute Gasteiger partial charge is 0.416 e. The number of pyridine rings is 1. The van der Waals surface area contributed by atoms with Crippen LogP contribution in [0.3, 0.4) is 0 Å². The number of carbonyl (C=O) groups is 3. The predicted octanol–water partition coefficient (Wildman–Crippen LogP) is 8.24. The Morgan fingerprint density at radius 1 is 0.846 bits per heavy atom. The Morgan fingerprint density at radius 2 is 1.56 bits per heavy atom. The lowest BCUT2D eigenvalue weighted by molar-refractivity contribution is -0.138. The van der Waals surface area contributed by atoms with Crippen LogP contribution in [0.2, 0.25) is 0 Å². The number of benzene rings is 2. The standard InChI is InChI=1S/C28H22F3N7O.C9H16O4/c1-17-5-6-19(10-25(17)37-27-33-9-7-24(36-27)20-4-3-8-32-14-20)26(39)35-22-11-21(28(29,30)31)12-23(13-22)38-15-18(2)34-16-38;10-8(11)6-4-2-1-3-5-7-9(12)13/h3-16H,1-2H3,(H,35,39)(H,33,36,37);1-7H2,(H,10,11)(H,12,13). The number of nitrogens with one attached hydrogen (secondary N) is 2. The van der Waals surface area contributed by atoms with Crippen molar-refractivity contribution in [2.24, 2.45) is 0 Å². The van der Waals surface area contributed by atoms with Gasteiger partial charge in [0.15, 0.2) is 0 Å². The van der Waals surface area contributed by atoms with Gasteiger partial charge in [0.1, 0.15) is 0 Å². The zero-order valence-electron chi connectivity index (χ0n) is 28.5. The maximum atomic E-state index is 13.6. The third kappa shape index (κ3) is 12.0. The van der Waals surface area contributed by atoms with Crippen LogP contribution in [0.1, 0.15) is 72.1 Å². The fraction of sp³-hybridized carbons (Fsp3) is 0.270. The van der Waals surface area contributed by atoms with Crippen molar-refractivity contribution < 1.29 is 37.8 Å². The quantitative estimate of drug-likeness (QED) is 0.0820. The summed E-state index contributed by atoms with van der Waals surface area (Å²) in [6.45, 7) is 3.58. The number of amides is 1. The molecule has 5 rings (SSSR count). The van der Waals surface area contributed by atoms with Crippen LogP contribution in [-0.2, 0) is 15.8 Å². The number of hydrogen-bond acceptors (Lipinski definition) is 8. The SMILES string of the molecule is Cc1cn(-c2cc(NC(=O)c3ccc(C)c(Nc4nccc(-c5cccnc5)n4)c3)cc(C(F)(F)F)c2)cn1.O=C(O)CCCCCCCC(=O)O. The molecule has 0 aliphatic carbocycles. The Kier molecular flexibility index (Phi) is 13.5. The number of unbranched alkanes of at least 4 members (excludes halogenated alkanes) is 4. The third-order valence-electron chi connectivity index (χ3n) is 7.65. The second-order valence-corrected chi connectivity index (χ2v) is 11.9. The molecule has 0 aliphatic heterocycles. The molecule has 0 unspecified atom stereocenters. The molecular formula is C37H38F3N7O5. The second kappa shape index (κ2) is 18.2. The molecule has 0 radical (unpaired) electrons. The number of anilines is 3. The highest BCUT2D eigenvalue weighted by Gasteiger charge is 2.31. The molecule has 0 saturated heterocycles. The molecule has 5 aromatic rings. The average molecular weight is 718 g/mol. The van der Waals surface area contributed by atoms with Crippen molar-refractivity contribution in [1.82, 2.24) is 24.5 Å². The molecule has 0 spiro atoms. The Bertz CT molecular complexity index is 1970. The normalized spacial score (nSPS) is 10.9. The van der Waals surface area contributed by atoms with Crippen LogP contribution >= 0.6 is 0 Å². The maximum absolute atomic E-state index is 13.6. The molecule has 3 aromatic heterocycles. The van der Waals surface area contributed by atoms with Gasteiger partial charge in [-0.25, -0.2) is 15.0 Å². The number of halogens is 3. The van der Waals surface area contributed by atoms with E-state index in [0.717, 1.165) is 42.5 Å². The van der Waals surface area contributed by atoms with Gasteiger partial charge in [-0.05, 0) is 80.8 Å². The van der Waals surface area contributed by atoms with Crippen molar-refractivity contribution in [1.29, 1.82) is 0 Å². The van der Waals surface area contributed by atoms with E-state index in [1.165, 1.54) is 17.0 Å². The fourth-order valence-electron chi connectivity index (χ4n) is 4.96. The largest absolute Gasteiger partial charge is 0.481 e. The topological polar surface area (TPSA) is 172 Å². The molecule has 2 aromatic carbocycles. The third-order valence-corrected chi connectivity index (χ3v) is 7.65. The molecule has 15 heteroatoms. The zero-order chi connectivity index (χ0) is 37.7. The van der Waals surface area contributed by atoms with E-state index < -0.39 is 29.6 Å². The number of alkyl halides is 3. The molecule has 0 aliphatic rings. The zero-order valence-corrected chi connectivity index (χ0v) is 28.5. The highest BCUT2D eigenvalue weighted by Crippen LogP contribution is 2.33. The fourth-order valence-corrected chi connectivity index (χ4v) is 4.96. The molecule has 3 heterocycles. The first-order valence-electron chi connectivity index (χ1n) is 16.4. The minimum atomic E-state index is -4.60. The van der Waals surface area contributed by atoms with E-state index in [1.54, 1.807) is 62.0 Å². The van der Waals surface area contributed by atoms with Gasteiger partial charge in [0.2, 0.25) is 5.95 Å². The molecule has 1 amide bonds. The number of aryl methyl sites for hydroxylation is 2. The molecule has 0 bridgehead atoms. The van der Waals surface area contributed by atoms with Gasteiger partial charge in [0.05, 0.1) is 23.3 Å². The summed E-state index contributed by atoms with van der Waals surface area (Å²) < 4.78 is 42.3. The summed E-state index contributed by atoms with van der Waals surface area (Å²) in [6, 6.07) is 13.7.